The van der Waals surface area contributed by atoms with Gasteiger partial charge in [0.05, 0.1) is 5.69 Å². The summed E-state index contributed by atoms with van der Waals surface area (Å²) in [6.45, 7) is -0.314. The topological polar surface area (TPSA) is 140 Å². The van der Waals surface area contributed by atoms with E-state index >= 15 is 0 Å². The number of nitrogens with one attached hydrogen (secondary N) is 1. The van der Waals surface area contributed by atoms with Crippen molar-refractivity contribution in [2.24, 2.45) is 16.5 Å². The number of nitrogens with zero attached hydrogens (tertiary/aromatic N) is 2. The molecule has 0 aliphatic carbocycles. The molecular weight excluding hydrogens is 386 g/mol. The highest BCUT2D eigenvalue weighted by atomic mass is 16.5. The lowest BCUT2D eigenvalue weighted by Gasteiger charge is -2.09. The van der Waals surface area contributed by atoms with Crippen molar-refractivity contribution >= 4 is 41.2 Å². The number of benzene rings is 2. The van der Waals surface area contributed by atoms with E-state index in [2.05, 4.69) is 10.3 Å². The Hall–Kier alpha value is -4.14. The molecule has 2 amide bonds. The summed E-state index contributed by atoms with van der Waals surface area (Å²) in [4.78, 5) is 40.7. The van der Waals surface area contributed by atoms with E-state index in [-0.39, 0.29) is 24.4 Å². The minimum absolute atomic E-state index is 0.0932. The number of likely N-dealkylation sites (N-methyl/N-ethyl adjacent to an activating group) is 1. The van der Waals surface area contributed by atoms with Crippen LogP contribution in [0.25, 0.3) is 6.08 Å². The number of carbonyl (C=O) groups is 3. The van der Waals surface area contributed by atoms with Gasteiger partial charge in [0, 0.05) is 31.4 Å². The van der Waals surface area contributed by atoms with Gasteiger partial charge in [0.2, 0.25) is 0 Å². The standard InChI is InChI=1S/C21H23N5O4/c1-26(2)18(27)13-30-19(28)11-8-14-6-9-16(10-7-14)24-20(29)15-4-3-5-17(12-15)25-21(22)23/h3-12H,13H2,1-2H3,(H,24,29)(H4,22,23,25). The number of aliphatic imine (C=N–C) groups is 1. The fourth-order valence-electron chi connectivity index (χ4n) is 2.22. The maximum Gasteiger partial charge on any atom is 0.331 e. The van der Waals surface area contributed by atoms with Gasteiger partial charge in [-0.25, -0.2) is 9.79 Å². The first-order valence-corrected chi connectivity index (χ1v) is 8.90. The SMILES string of the molecule is CN(C)C(=O)COC(=O)C=Cc1ccc(NC(=O)c2cccc(N=C(N)N)c2)cc1. The molecule has 9 nitrogen and oxygen atoms in total. The molecule has 0 atom stereocenters. The van der Waals surface area contributed by atoms with Crippen LogP contribution in [-0.4, -0.2) is 49.3 Å². The van der Waals surface area contributed by atoms with Crippen molar-refractivity contribution in [1.82, 2.24) is 4.90 Å². The Morgan fingerprint density at radius 3 is 2.43 bits per heavy atom. The molecule has 0 spiro atoms. The Kier molecular flexibility index (Phi) is 7.69. The third-order valence-electron chi connectivity index (χ3n) is 3.78. The van der Waals surface area contributed by atoms with Crippen LogP contribution in [0.15, 0.2) is 59.6 Å². The zero-order valence-electron chi connectivity index (χ0n) is 16.7. The molecule has 0 aliphatic rings. The number of esters is 1. The molecule has 0 aromatic heterocycles. The molecule has 0 heterocycles. The molecular formula is C21H23N5O4. The monoisotopic (exact) mass is 409 g/mol. The van der Waals surface area contributed by atoms with Crippen LogP contribution in [0, 0.1) is 0 Å². The third-order valence-corrected chi connectivity index (χ3v) is 3.78. The molecule has 0 unspecified atom stereocenters. The number of hydrogen-bond acceptors (Lipinski definition) is 5. The zero-order valence-corrected chi connectivity index (χ0v) is 16.7. The van der Waals surface area contributed by atoms with Gasteiger partial charge in [0.25, 0.3) is 11.8 Å². The molecule has 0 bridgehead atoms. The van der Waals surface area contributed by atoms with E-state index in [9.17, 15) is 14.4 Å². The minimum Gasteiger partial charge on any atom is -0.452 e. The van der Waals surface area contributed by atoms with E-state index in [0.29, 0.717) is 16.9 Å². The first-order valence-electron chi connectivity index (χ1n) is 8.90. The number of ether oxygens (including phenoxy) is 1. The molecule has 2 rings (SSSR count). The number of hydrogen-bond donors (Lipinski definition) is 3. The Morgan fingerprint density at radius 1 is 1.10 bits per heavy atom. The van der Waals surface area contributed by atoms with Crippen LogP contribution in [0.2, 0.25) is 0 Å². The van der Waals surface area contributed by atoms with Crippen LogP contribution in [0.4, 0.5) is 11.4 Å². The molecule has 0 aliphatic heterocycles. The number of anilines is 1. The summed E-state index contributed by atoms with van der Waals surface area (Å²) in [6, 6.07) is 13.4. The van der Waals surface area contributed by atoms with Gasteiger partial charge >= 0.3 is 5.97 Å². The predicted molar refractivity (Wildman–Crippen MR) is 115 cm³/mol. The van der Waals surface area contributed by atoms with Gasteiger partial charge < -0.3 is 26.4 Å². The van der Waals surface area contributed by atoms with Crippen molar-refractivity contribution < 1.29 is 19.1 Å². The van der Waals surface area contributed by atoms with Crippen molar-refractivity contribution in [2.45, 2.75) is 0 Å². The zero-order chi connectivity index (χ0) is 22.1. The molecule has 2 aromatic carbocycles. The predicted octanol–water partition coefficient (Wildman–Crippen LogP) is 1.49. The van der Waals surface area contributed by atoms with Crippen LogP contribution in [0.3, 0.4) is 0 Å². The molecule has 9 heteroatoms. The summed E-state index contributed by atoms with van der Waals surface area (Å²) in [6.07, 6.45) is 2.78. The van der Waals surface area contributed by atoms with Gasteiger partial charge in [-0.15, -0.1) is 0 Å². The normalized spacial score (nSPS) is 10.3. The van der Waals surface area contributed by atoms with Crippen LogP contribution in [0.5, 0.6) is 0 Å². The molecule has 5 N–H and O–H groups in total. The summed E-state index contributed by atoms with van der Waals surface area (Å²) in [5.74, 6) is -1.34. The Labute approximate surface area is 174 Å². The van der Waals surface area contributed by atoms with E-state index < -0.39 is 5.97 Å². The maximum atomic E-state index is 12.4. The summed E-state index contributed by atoms with van der Waals surface area (Å²) in [5, 5.41) is 2.77. The molecule has 30 heavy (non-hydrogen) atoms. The highest BCUT2D eigenvalue weighted by molar-refractivity contribution is 6.04. The molecule has 0 saturated carbocycles. The van der Waals surface area contributed by atoms with Crippen LogP contribution < -0.4 is 16.8 Å². The summed E-state index contributed by atoms with van der Waals surface area (Å²) in [5.41, 5.74) is 12.9. The first kappa shape index (κ1) is 22.2. The number of carbonyl (C=O) groups excluding carboxylic acids is 3. The number of rotatable bonds is 7. The average Bonchev–Trinajstić information content (AvgIpc) is 2.71. The van der Waals surface area contributed by atoms with E-state index in [1.54, 1.807) is 68.7 Å². The minimum atomic E-state index is -0.622. The molecule has 0 fully saturated rings. The lowest BCUT2D eigenvalue weighted by molar-refractivity contribution is -0.146. The second-order valence-electron chi connectivity index (χ2n) is 6.39. The van der Waals surface area contributed by atoms with Crippen molar-refractivity contribution in [3.8, 4) is 0 Å². The average molecular weight is 409 g/mol. The summed E-state index contributed by atoms with van der Waals surface area (Å²) < 4.78 is 4.85. The van der Waals surface area contributed by atoms with Gasteiger partial charge in [-0.05, 0) is 42.0 Å². The molecule has 0 radical (unpaired) electrons. The quantitative estimate of drug-likeness (QED) is 0.274. The van der Waals surface area contributed by atoms with Crippen molar-refractivity contribution in [3.63, 3.8) is 0 Å². The van der Waals surface area contributed by atoms with E-state index in [1.807, 2.05) is 0 Å². The molecule has 0 saturated heterocycles. The number of amides is 2. The lowest BCUT2D eigenvalue weighted by atomic mass is 10.1. The largest absolute Gasteiger partial charge is 0.452 e. The van der Waals surface area contributed by atoms with E-state index in [1.165, 1.54) is 11.0 Å². The molecule has 2 aromatic rings. The fraction of sp³-hybridized carbons (Fsp3) is 0.143. The van der Waals surface area contributed by atoms with Gasteiger partial charge in [-0.2, -0.15) is 0 Å². The van der Waals surface area contributed by atoms with Crippen LogP contribution in [0.1, 0.15) is 15.9 Å². The van der Waals surface area contributed by atoms with Crippen LogP contribution >= 0.6 is 0 Å². The van der Waals surface area contributed by atoms with Crippen molar-refractivity contribution in [1.29, 1.82) is 0 Å². The first-order chi connectivity index (χ1) is 14.2. The second-order valence-corrected chi connectivity index (χ2v) is 6.39. The highest BCUT2D eigenvalue weighted by Crippen LogP contribution is 2.16. The Bertz CT molecular complexity index is 977. The highest BCUT2D eigenvalue weighted by Gasteiger charge is 2.08. The van der Waals surface area contributed by atoms with Gasteiger partial charge in [-0.3, -0.25) is 9.59 Å². The van der Waals surface area contributed by atoms with Gasteiger partial charge in [0.1, 0.15) is 0 Å². The van der Waals surface area contributed by atoms with Crippen molar-refractivity contribution in [2.75, 3.05) is 26.0 Å². The lowest BCUT2D eigenvalue weighted by Crippen LogP contribution is -2.27. The van der Waals surface area contributed by atoms with Crippen LogP contribution in [-0.2, 0) is 14.3 Å². The second kappa shape index (κ2) is 10.4. The van der Waals surface area contributed by atoms with Crippen molar-refractivity contribution in [3.05, 3.63) is 65.7 Å². The van der Waals surface area contributed by atoms with Gasteiger partial charge in [-0.1, -0.05) is 18.2 Å². The number of guanidine groups is 1. The Morgan fingerprint density at radius 2 is 1.80 bits per heavy atom. The fourth-order valence-corrected chi connectivity index (χ4v) is 2.22. The van der Waals surface area contributed by atoms with E-state index in [4.69, 9.17) is 16.2 Å². The third kappa shape index (κ3) is 7.12. The Balaban J connectivity index is 1.94. The number of nitrogens with two attached hydrogens (primary N) is 2. The van der Waals surface area contributed by atoms with Gasteiger partial charge in [0.15, 0.2) is 12.6 Å². The summed E-state index contributed by atoms with van der Waals surface area (Å²) >= 11 is 0. The molecule has 156 valence electrons. The smallest absolute Gasteiger partial charge is 0.331 e. The summed E-state index contributed by atoms with van der Waals surface area (Å²) in [7, 11) is 3.15. The maximum absolute atomic E-state index is 12.4. The van der Waals surface area contributed by atoms with E-state index in [0.717, 1.165) is 5.56 Å².